The van der Waals surface area contributed by atoms with E-state index in [9.17, 15) is 0 Å². The van der Waals surface area contributed by atoms with E-state index in [1.54, 1.807) is 0 Å². The van der Waals surface area contributed by atoms with Crippen molar-refractivity contribution < 1.29 is 9.47 Å². The third-order valence-corrected chi connectivity index (χ3v) is 6.05. The van der Waals surface area contributed by atoms with E-state index >= 15 is 0 Å². The summed E-state index contributed by atoms with van der Waals surface area (Å²) in [5.41, 5.74) is 3.41. The van der Waals surface area contributed by atoms with Gasteiger partial charge in [-0.3, -0.25) is 0 Å². The number of hydrogen-bond acceptors (Lipinski definition) is 4. The quantitative estimate of drug-likeness (QED) is 0.643. The Morgan fingerprint density at radius 3 is 2.37 bits per heavy atom. The highest BCUT2D eigenvalue weighted by Crippen LogP contribution is 2.25. The summed E-state index contributed by atoms with van der Waals surface area (Å²) in [6.45, 7) is 5.62. The number of morpholine rings is 1. The van der Waals surface area contributed by atoms with Crippen molar-refractivity contribution in [2.45, 2.75) is 44.8 Å². The molecule has 0 amide bonds. The smallest absolute Gasteiger partial charge is 0.171 e. The molecule has 0 aromatic heterocycles. The normalized spacial score (nSPS) is 18.1. The summed E-state index contributed by atoms with van der Waals surface area (Å²) in [5, 5.41) is 7.26. The summed E-state index contributed by atoms with van der Waals surface area (Å²) >= 11 is 5.51. The second-order valence-corrected chi connectivity index (χ2v) is 8.47. The van der Waals surface area contributed by atoms with Crippen LogP contribution in [0.4, 0.5) is 11.4 Å². The number of hydrogen-bond donors (Lipinski definition) is 2. The van der Waals surface area contributed by atoms with Gasteiger partial charge in [-0.05, 0) is 86.8 Å². The third-order valence-electron chi connectivity index (χ3n) is 5.83. The zero-order chi connectivity index (χ0) is 20.8. The first-order valence-corrected chi connectivity index (χ1v) is 11.3. The fourth-order valence-corrected chi connectivity index (χ4v) is 4.35. The molecular weight excluding hydrogens is 394 g/mol. The zero-order valence-corrected chi connectivity index (χ0v) is 18.4. The van der Waals surface area contributed by atoms with E-state index in [1.165, 1.54) is 36.9 Å². The Morgan fingerprint density at radius 1 is 1.03 bits per heavy atom. The third kappa shape index (κ3) is 5.64. The van der Waals surface area contributed by atoms with Crippen LogP contribution in [0.3, 0.4) is 0 Å². The van der Waals surface area contributed by atoms with Crippen LogP contribution in [0.25, 0.3) is 0 Å². The van der Waals surface area contributed by atoms with Gasteiger partial charge in [-0.15, -0.1) is 0 Å². The molecule has 5 nitrogen and oxygen atoms in total. The SMILES string of the molecule is C[C@H](NC(=S)Nc1ccc(OC2CCCC2)cc1)c1ccc(N2CCOCC2)cc1. The van der Waals surface area contributed by atoms with Crippen LogP contribution in [-0.2, 0) is 4.74 Å². The van der Waals surface area contributed by atoms with Gasteiger partial charge in [-0.25, -0.2) is 0 Å². The standard InChI is InChI=1S/C24H31N3O2S/c1-18(19-6-10-21(11-7-19)27-14-16-28-17-15-27)25-24(30)26-20-8-12-23(13-9-20)29-22-4-2-3-5-22/h6-13,18,22H,2-5,14-17H2,1H3,(H2,25,26,30)/t18-/m0/s1. The first-order chi connectivity index (χ1) is 14.7. The molecule has 2 fully saturated rings. The maximum Gasteiger partial charge on any atom is 0.171 e. The van der Waals surface area contributed by atoms with Crippen molar-refractivity contribution in [2.75, 3.05) is 36.5 Å². The number of rotatable bonds is 6. The van der Waals surface area contributed by atoms with Gasteiger partial charge in [-0.1, -0.05) is 12.1 Å². The zero-order valence-electron chi connectivity index (χ0n) is 17.6. The van der Waals surface area contributed by atoms with E-state index in [4.69, 9.17) is 21.7 Å². The first-order valence-electron chi connectivity index (χ1n) is 10.9. The van der Waals surface area contributed by atoms with E-state index in [2.05, 4.69) is 46.7 Å². The molecule has 6 heteroatoms. The molecule has 1 aliphatic heterocycles. The molecule has 1 aliphatic carbocycles. The van der Waals surface area contributed by atoms with Gasteiger partial charge in [0, 0.05) is 24.5 Å². The van der Waals surface area contributed by atoms with Crippen LogP contribution in [0.15, 0.2) is 48.5 Å². The van der Waals surface area contributed by atoms with E-state index in [1.807, 2.05) is 24.3 Å². The molecule has 1 saturated heterocycles. The van der Waals surface area contributed by atoms with E-state index in [0.717, 1.165) is 37.7 Å². The van der Waals surface area contributed by atoms with Crippen LogP contribution in [0, 0.1) is 0 Å². The summed E-state index contributed by atoms with van der Waals surface area (Å²) in [6.07, 6.45) is 5.26. The topological polar surface area (TPSA) is 45.8 Å². The minimum absolute atomic E-state index is 0.119. The summed E-state index contributed by atoms with van der Waals surface area (Å²) in [5.74, 6) is 0.931. The highest BCUT2D eigenvalue weighted by atomic mass is 32.1. The lowest BCUT2D eigenvalue weighted by Crippen LogP contribution is -2.36. The van der Waals surface area contributed by atoms with Gasteiger partial charge in [0.1, 0.15) is 5.75 Å². The van der Waals surface area contributed by atoms with Crippen molar-refractivity contribution in [3.05, 3.63) is 54.1 Å². The number of nitrogens with zero attached hydrogens (tertiary/aromatic N) is 1. The molecular formula is C24H31N3O2S. The molecule has 1 saturated carbocycles. The predicted octanol–water partition coefficient (Wildman–Crippen LogP) is 4.89. The number of nitrogens with one attached hydrogen (secondary N) is 2. The predicted molar refractivity (Wildman–Crippen MR) is 127 cm³/mol. The van der Waals surface area contributed by atoms with Crippen LogP contribution in [0.5, 0.6) is 5.75 Å². The summed E-state index contributed by atoms with van der Waals surface area (Å²) in [6, 6.07) is 16.9. The number of thiocarbonyl (C=S) groups is 1. The second-order valence-electron chi connectivity index (χ2n) is 8.06. The van der Waals surface area contributed by atoms with Gasteiger partial charge in [0.2, 0.25) is 0 Å². The molecule has 0 unspecified atom stereocenters. The van der Waals surface area contributed by atoms with Gasteiger partial charge in [0.05, 0.1) is 25.4 Å². The fourth-order valence-electron chi connectivity index (χ4n) is 4.06. The molecule has 0 bridgehead atoms. The number of ether oxygens (including phenoxy) is 2. The molecule has 0 radical (unpaired) electrons. The average molecular weight is 426 g/mol. The van der Waals surface area contributed by atoms with Crippen molar-refractivity contribution in [2.24, 2.45) is 0 Å². The molecule has 2 aliphatic rings. The van der Waals surface area contributed by atoms with Gasteiger partial charge < -0.3 is 25.0 Å². The maximum atomic E-state index is 6.02. The molecule has 4 rings (SSSR count). The van der Waals surface area contributed by atoms with E-state index < -0.39 is 0 Å². The van der Waals surface area contributed by atoms with Gasteiger partial charge in [0.25, 0.3) is 0 Å². The van der Waals surface area contributed by atoms with Crippen molar-refractivity contribution in [3.8, 4) is 5.75 Å². The molecule has 1 atom stereocenters. The Morgan fingerprint density at radius 2 is 1.70 bits per heavy atom. The van der Waals surface area contributed by atoms with Gasteiger partial charge in [0.15, 0.2) is 5.11 Å². The van der Waals surface area contributed by atoms with Gasteiger partial charge in [-0.2, -0.15) is 0 Å². The highest BCUT2D eigenvalue weighted by Gasteiger charge is 2.16. The summed E-state index contributed by atoms with van der Waals surface area (Å²) in [7, 11) is 0. The first kappa shape index (κ1) is 20.9. The lowest BCUT2D eigenvalue weighted by atomic mass is 10.1. The Labute approximate surface area is 184 Å². The van der Waals surface area contributed by atoms with Gasteiger partial charge >= 0.3 is 0 Å². The van der Waals surface area contributed by atoms with Crippen LogP contribution in [0.1, 0.15) is 44.2 Å². The Hall–Kier alpha value is -2.31. The molecule has 2 aromatic rings. The molecule has 1 heterocycles. The molecule has 2 N–H and O–H groups in total. The molecule has 2 aromatic carbocycles. The second kappa shape index (κ2) is 10.1. The van der Waals surface area contributed by atoms with Crippen molar-refractivity contribution in [1.82, 2.24) is 5.32 Å². The highest BCUT2D eigenvalue weighted by molar-refractivity contribution is 7.80. The fraction of sp³-hybridized carbons (Fsp3) is 0.458. The lowest BCUT2D eigenvalue weighted by molar-refractivity contribution is 0.122. The number of anilines is 2. The minimum Gasteiger partial charge on any atom is -0.490 e. The average Bonchev–Trinajstić information content (AvgIpc) is 3.29. The summed E-state index contributed by atoms with van der Waals surface area (Å²) < 4.78 is 11.5. The van der Waals surface area contributed by atoms with Crippen LogP contribution in [0.2, 0.25) is 0 Å². The summed E-state index contributed by atoms with van der Waals surface area (Å²) in [4.78, 5) is 2.36. The molecule has 30 heavy (non-hydrogen) atoms. The molecule has 0 spiro atoms. The lowest BCUT2D eigenvalue weighted by Gasteiger charge is -2.29. The van der Waals surface area contributed by atoms with Crippen molar-refractivity contribution in [1.29, 1.82) is 0 Å². The maximum absolute atomic E-state index is 6.02. The van der Waals surface area contributed by atoms with Crippen molar-refractivity contribution in [3.63, 3.8) is 0 Å². The Bertz CT molecular complexity index is 813. The van der Waals surface area contributed by atoms with Crippen LogP contribution in [-0.4, -0.2) is 37.5 Å². The monoisotopic (exact) mass is 425 g/mol. The number of benzene rings is 2. The van der Waals surface area contributed by atoms with E-state index in [0.29, 0.717) is 11.2 Å². The van der Waals surface area contributed by atoms with Crippen LogP contribution >= 0.6 is 12.2 Å². The Balaban J connectivity index is 1.26. The van der Waals surface area contributed by atoms with Crippen LogP contribution < -0.4 is 20.3 Å². The van der Waals surface area contributed by atoms with Crippen molar-refractivity contribution >= 4 is 28.7 Å². The minimum atomic E-state index is 0.119. The van der Waals surface area contributed by atoms with E-state index in [-0.39, 0.29) is 6.04 Å². The largest absolute Gasteiger partial charge is 0.490 e. The molecule has 160 valence electrons. The Kier molecular flexibility index (Phi) is 7.07.